The van der Waals surface area contributed by atoms with Gasteiger partial charge in [-0.15, -0.1) is 5.10 Å². The van der Waals surface area contributed by atoms with Crippen LogP contribution in [0.2, 0.25) is 0 Å². The van der Waals surface area contributed by atoms with E-state index in [9.17, 15) is 9.18 Å². The van der Waals surface area contributed by atoms with Crippen molar-refractivity contribution in [2.75, 3.05) is 11.5 Å². The number of carboxylic acids is 1. The lowest BCUT2D eigenvalue weighted by molar-refractivity contribution is 0.0692. The number of aromatic carboxylic acids is 1. The van der Waals surface area contributed by atoms with Crippen LogP contribution in [-0.4, -0.2) is 37.6 Å². The van der Waals surface area contributed by atoms with Crippen LogP contribution in [-0.2, 0) is 0 Å². The highest BCUT2D eigenvalue weighted by atomic mass is 32.2. The van der Waals surface area contributed by atoms with E-state index in [0.717, 1.165) is 30.4 Å². The summed E-state index contributed by atoms with van der Waals surface area (Å²) in [6.45, 7) is 0. The quantitative estimate of drug-likeness (QED) is 0.915. The van der Waals surface area contributed by atoms with Crippen LogP contribution in [0.15, 0.2) is 12.1 Å². The second-order valence-corrected chi connectivity index (χ2v) is 5.73. The fourth-order valence-electron chi connectivity index (χ4n) is 2.32. The van der Waals surface area contributed by atoms with Gasteiger partial charge in [-0.25, -0.2) is 13.9 Å². The SMILES string of the molecule is O=C(O)c1cc2c(cc1F)nnn2C1CCSCC1. The first-order valence-corrected chi connectivity index (χ1v) is 7.18. The molecule has 2 aromatic rings. The van der Waals surface area contributed by atoms with E-state index in [1.54, 1.807) is 4.68 Å². The molecule has 1 aliphatic heterocycles. The molecule has 19 heavy (non-hydrogen) atoms. The summed E-state index contributed by atoms with van der Waals surface area (Å²) in [5, 5.41) is 17.0. The Hall–Kier alpha value is -1.63. The van der Waals surface area contributed by atoms with Crippen molar-refractivity contribution < 1.29 is 14.3 Å². The van der Waals surface area contributed by atoms with E-state index in [1.165, 1.54) is 6.07 Å². The summed E-state index contributed by atoms with van der Waals surface area (Å²) < 4.78 is 15.3. The molecule has 0 atom stereocenters. The maximum Gasteiger partial charge on any atom is 0.338 e. The summed E-state index contributed by atoms with van der Waals surface area (Å²) in [5.74, 6) is 0.0652. The van der Waals surface area contributed by atoms with Crippen LogP contribution in [0.1, 0.15) is 29.2 Å². The van der Waals surface area contributed by atoms with Crippen molar-refractivity contribution >= 4 is 28.8 Å². The maximum absolute atomic E-state index is 13.6. The minimum Gasteiger partial charge on any atom is -0.478 e. The first-order chi connectivity index (χ1) is 9.16. The van der Waals surface area contributed by atoms with Gasteiger partial charge < -0.3 is 5.11 Å². The Kier molecular flexibility index (Phi) is 3.14. The van der Waals surface area contributed by atoms with Gasteiger partial charge in [-0.05, 0) is 30.4 Å². The molecule has 3 rings (SSSR count). The highest BCUT2D eigenvalue weighted by Crippen LogP contribution is 2.29. The topological polar surface area (TPSA) is 68.0 Å². The summed E-state index contributed by atoms with van der Waals surface area (Å²) >= 11 is 1.90. The van der Waals surface area contributed by atoms with Crippen molar-refractivity contribution in [3.8, 4) is 0 Å². The predicted molar refractivity (Wildman–Crippen MR) is 70.0 cm³/mol. The zero-order valence-corrected chi connectivity index (χ0v) is 10.9. The number of thioether (sulfide) groups is 1. The fourth-order valence-corrected chi connectivity index (χ4v) is 3.40. The van der Waals surface area contributed by atoms with E-state index in [-0.39, 0.29) is 11.6 Å². The molecule has 100 valence electrons. The average Bonchev–Trinajstić information content (AvgIpc) is 2.81. The Morgan fingerprint density at radius 3 is 2.84 bits per heavy atom. The Morgan fingerprint density at radius 2 is 2.16 bits per heavy atom. The summed E-state index contributed by atoms with van der Waals surface area (Å²) in [4.78, 5) is 11.0. The van der Waals surface area contributed by atoms with Crippen LogP contribution < -0.4 is 0 Å². The summed E-state index contributed by atoms with van der Waals surface area (Å²) in [5.41, 5.74) is 0.665. The molecule has 2 heterocycles. The number of carbonyl (C=O) groups is 1. The second-order valence-electron chi connectivity index (χ2n) is 4.50. The molecule has 1 aliphatic rings. The molecule has 0 saturated carbocycles. The minimum absolute atomic E-state index is 0.221. The molecule has 1 saturated heterocycles. The third-order valence-corrected chi connectivity index (χ3v) is 4.38. The van der Waals surface area contributed by atoms with Crippen molar-refractivity contribution in [3.63, 3.8) is 0 Å². The van der Waals surface area contributed by atoms with Crippen molar-refractivity contribution in [2.45, 2.75) is 18.9 Å². The Morgan fingerprint density at radius 1 is 1.42 bits per heavy atom. The van der Waals surface area contributed by atoms with Gasteiger partial charge in [0.2, 0.25) is 0 Å². The van der Waals surface area contributed by atoms with Crippen molar-refractivity contribution in [3.05, 3.63) is 23.5 Å². The van der Waals surface area contributed by atoms with Crippen LogP contribution in [0.25, 0.3) is 11.0 Å². The number of benzene rings is 1. The zero-order chi connectivity index (χ0) is 13.4. The third-order valence-electron chi connectivity index (χ3n) is 3.33. The third kappa shape index (κ3) is 2.18. The molecule has 7 heteroatoms. The van der Waals surface area contributed by atoms with Crippen LogP contribution in [0, 0.1) is 5.82 Å². The fraction of sp³-hybridized carbons (Fsp3) is 0.417. The average molecular weight is 281 g/mol. The number of halogens is 1. The number of nitrogens with zero attached hydrogens (tertiary/aromatic N) is 3. The highest BCUT2D eigenvalue weighted by molar-refractivity contribution is 7.99. The lowest BCUT2D eigenvalue weighted by Gasteiger charge is -2.21. The van der Waals surface area contributed by atoms with Gasteiger partial charge in [0, 0.05) is 6.07 Å². The van der Waals surface area contributed by atoms with E-state index in [2.05, 4.69) is 10.3 Å². The molecule has 0 radical (unpaired) electrons. The molecular formula is C12H12FN3O2S. The van der Waals surface area contributed by atoms with Gasteiger partial charge in [-0.2, -0.15) is 11.8 Å². The van der Waals surface area contributed by atoms with Crippen LogP contribution >= 0.6 is 11.8 Å². The standard InChI is InChI=1S/C12H12FN3O2S/c13-9-6-10-11(5-8(9)12(17)18)16(15-14-10)7-1-3-19-4-2-7/h5-7H,1-4H2,(H,17,18). The van der Waals surface area contributed by atoms with E-state index < -0.39 is 11.8 Å². The maximum atomic E-state index is 13.6. The largest absolute Gasteiger partial charge is 0.478 e. The number of carboxylic acid groups (broad SMARTS) is 1. The number of hydrogen-bond acceptors (Lipinski definition) is 4. The molecule has 0 spiro atoms. The molecular weight excluding hydrogens is 269 g/mol. The molecule has 5 nitrogen and oxygen atoms in total. The van der Waals surface area contributed by atoms with E-state index in [0.29, 0.717) is 11.0 Å². The number of aromatic nitrogens is 3. The Balaban J connectivity index is 2.10. The lowest BCUT2D eigenvalue weighted by Crippen LogP contribution is -2.16. The van der Waals surface area contributed by atoms with E-state index in [4.69, 9.17) is 5.11 Å². The Labute approximate surface area is 112 Å². The van der Waals surface area contributed by atoms with Crippen LogP contribution in [0.4, 0.5) is 4.39 Å². The molecule has 1 N–H and O–H groups in total. The Bertz CT molecular complexity index is 637. The number of fused-ring (bicyclic) bond motifs is 1. The molecule has 0 aliphatic carbocycles. The lowest BCUT2D eigenvalue weighted by atomic mass is 10.1. The number of rotatable bonds is 2. The van der Waals surface area contributed by atoms with Crippen molar-refractivity contribution in [1.82, 2.24) is 15.0 Å². The minimum atomic E-state index is -1.27. The number of hydrogen-bond donors (Lipinski definition) is 1. The monoisotopic (exact) mass is 281 g/mol. The molecule has 1 fully saturated rings. The van der Waals surface area contributed by atoms with Gasteiger partial charge in [0.15, 0.2) is 0 Å². The second kappa shape index (κ2) is 4.80. The normalized spacial score (nSPS) is 16.9. The molecule has 0 amide bonds. The van der Waals surface area contributed by atoms with Gasteiger partial charge >= 0.3 is 5.97 Å². The molecule has 1 aromatic carbocycles. The summed E-state index contributed by atoms with van der Waals surface area (Å²) in [6, 6.07) is 2.69. The molecule has 0 bridgehead atoms. The first-order valence-electron chi connectivity index (χ1n) is 6.02. The van der Waals surface area contributed by atoms with Crippen molar-refractivity contribution in [1.29, 1.82) is 0 Å². The van der Waals surface area contributed by atoms with Gasteiger partial charge in [-0.1, -0.05) is 5.21 Å². The molecule has 0 unspecified atom stereocenters. The predicted octanol–water partition coefficient (Wildman–Crippen LogP) is 2.34. The van der Waals surface area contributed by atoms with Crippen LogP contribution in [0.5, 0.6) is 0 Å². The van der Waals surface area contributed by atoms with Gasteiger partial charge in [0.05, 0.1) is 17.1 Å². The van der Waals surface area contributed by atoms with E-state index in [1.807, 2.05) is 11.8 Å². The van der Waals surface area contributed by atoms with Gasteiger partial charge in [0.1, 0.15) is 11.3 Å². The van der Waals surface area contributed by atoms with Crippen molar-refractivity contribution in [2.24, 2.45) is 0 Å². The summed E-state index contributed by atoms with van der Waals surface area (Å²) in [6.07, 6.45) is 1.95. The van der Waals surface area contributed by atoms with Gasteiger partial charge in [0.25, 0.3) is 0 Å². The smallest absolute Gasteiger partial charge is 0.338 e. The highest BCUT2D eigenvalue weighted by Gasteiger charge is 2.21. The summed E-state index contributed by atoms with van der Waals surface area (Å²) in [7, 11) is 0. The molecule has 1 aromatic heterocycles. The van der Waals surface area contributed by atoms with Gasteiger partial charge in [-0.3, -0.25) is 0 Å². The van der Waals surface area contributed by atoms with Crippen LogP contribution in [0.3, 0.4) is 0 Å². The first kappa shape index (κ1) is 12.4. The van der Waals surface area contributed by atoms with E-state index >= 15 is 0 Å². The zero-order valence-electron chi connectivity index (χ0n) is 10.0.